The van der Waals surface area contributed by atoms with Gasteiger partial charge in [-0.25, -0.2) is 5.10 Å². The van der Waals surface area contributed by atoms with Crippen molar-refractivity contribution in [3.05, 3.63) is 70.0 Å². The Balaban J connectivity index is 1.97. The average molecular weight is 322 g/mol. The van der Waals surface area contributed by atoms with Crippen LogP contribution in [0.4, 0.5) is 0 Å². The van der Waals surface area contributed by atoms with E-state index in [2.05, 4.69) is 46.5 Å². The first-order valence-corrected chi connectivity index (χ1v) is 7.96. The van der Waals surface area contributed by atoms with E-state index in [4.69, 9.17) is 12.2 Å². The molecule has 0 aliphatic rings. The van der Waals surface area contributed by atoms with E-state index in [1.54, 1.807) is 10.9 Å². The van der Waals surface area contributed by atoms with Crippen LogP contribution in [0.5, 0.6) is 0 Å². The lowest BCUT2D eigenvalue weighted by molar-refractivity contribution is 0.870. The van der Waals surface area contributed by atoms with Crippen molar-refractivity contribution in [1.82, 2.24) is 14.9 Å². The number of hydrogen-bond acceptors (Lipinski definition) is 3. The van der Waals surface area contributed by atoms with Crippen molar-refractivity contribution in [1.29, 1.82) is 0 Å². The van der Waals surface area contributed by atoms with Crippen LogP contribution in [0, 0.1) is 11.7 Å². The van der Waals surface area contributed by atoms with Gasteiger partial charge in [0.25, 0.3) is 0 Å². The fourth-order valence-corrected chi connectivity index (χ4v) is 2.54. The smallest absolute Gasteiger partial charge is 0.216 e. The molecule has 1 N–H and O–H groups in total. The average Bonchev–Trinajstić information content (AvgIpc) is 2.94. The second kappa shape index (κ2) is 6.71. The summed E-state index contributed by atoms with van der Waals surface area (Å²) in [6.45, 7) is 4.19. The van der Waals surface area contributed by atoms with Crippen LogP contribution in [0.1, 0.15) is 23.6 Å². The molecule has 3 rings (SSSR count). The molecule has 0 spiro atoms. The summed E-state index contributed by atoms with van der Waals surface area (Å²) < 4.78 is 2.13. The van der Waals surface area contributed by atoms with Crippen molar-refractivity contribution in [2.75, 3.05) is 0 Å². The molecule has 4 nitrogen and oxygen atoms in total. The van der Waals surface area contributed by atoms with E-state index < -0.39 is 0 Å². The molecular weight excluding hydrogens is 304 g/mol. The Bertz CT molecular complexity index is 888. The molecule has 0 atom stereocenters. The zero-order valence-corrected chi connectivity index (χ0v) is 14.0. The maximum Gasteiger partial charge on any atom is 0.216 e. The molecule has 0 amide bonds. The van der Waals surface area contributed by atoms with Gasteiger partial charge in [-0.2, -0.15) is 14.9 Å². The molecule has 23 heavy (non-hydrogen) atoms. The Morgan fingerprint density at radius 2 is 1.91 bits per heavy atom. The van der Waals surface area contributed by atoms with Crippen molar-refractivity contribution in [3.8, 4) is 11.4 Å². The Morgan fingerprint density at radius 1 is 1.17 bits per heavy atom. The Kier molecular flexibility index (Phi) is 4.48. The minimum absolute atomic E-state index is 0.477. The molecule has 0 aliphatic carbocycles. The molecule has 5 heteroatoms. The third kappa shape index (κ3) is 3.29. The van der Waals surface area contributed by atoms with Crippen LogP contribution in [0.3, 0.4) is 0 Å². The third-order valence-electron chi connectivity index (χ3n) is 3.75. The molecule has 1 aromatic heterocycles. The Hall–Kier alpha value is -2.53. The Labute approximate surface area is 140 Å². The first kappa shape index (κ1) is 15.4. The highest BCUT2D eigenvalue weighted by molar-refractivity contribution is 7.71. The lowest BCUT2D eigenvalue weighted by Crippen LogP contribution is -1.96. The first-order valence-electron chi connectivity index (χ1n) is 7.55. The molecule has 0 saturated heterocycles. The lowest BCUT2D eigenvalue weighted by Gasteiger charge is -2.04. The van der Waals surface area contributed by atoms with E-state index in [-0.39, 0.29) is 0 Å². The number of nitrogens with one attached hydrogen (secondary N) is 1. The number of rotatable bonds is 4. The number of H-pyrrole nitrogens is 1. The largest absolute Gasteiger partial charge is 0.250 e. The fourth-order valence-electron chi connectivity index (χ4n) is 2.36. The molecule has 0 fully saturated rings. The zero-order valence-electron chi connectivity index (χ0n) is 13.2. The first-order chi connectivity index (χ1) is 11.2. The second-order valence-electron chi connectivity index (χ2n) is 5.32. The van der Waals surface area contributed by atoms with Crippen molar-refractivity contribution in [2.24, 2.45) is 5.10 Å². The van der Waals surface area contributed by atoms with E-state index in [1.165, 1.54) is 5.56 Å². The number of aromatic amines is 1. The molecular formula is C18H18N4S. The van der Waals surface area contributed by atoms with Crippen LogP contribution in [0.15, 0.2) is 53.6 Å². The van der Waals surface area contributed by atoms with E-state index in [9.17, 15) is 0 Å². The normalized spacial score (nSPS) is 11.2. The fraction of sp³-hybridized carbons (Fsp3) is 0.167. The van der Waals surface area contributed by atoms with Crippen LogP contribution in [0.2, 0.25) is 0 Å². The third-order valence-corrected chi connectivity index (χ3v) is 4.01. The lowest BCUT2D eigenvalue weighted by atomic mass is 10.1. The van der Waals surface area contributed by atoms with E-state index in [0.29, 0.717) is 4.77 Å². The summed E-state index contributed by atoms with van der Waals surface area (Å²) in [4.78, 5) is 0. The van der Waals surface area contributed by atoms with Crippen molar-refractivity contribution in [3.63, 3.8) is 0 Å². The molecule has 0 saturated carbocycles. The second-order valence-corrected chi connectivity index (χ2v) is 5.71. The number of aryl methyl sites for hydroxylation is 2. The highest BCUT2D eigenvalue weighted by atomic mass is 32.1. The van der Waals surface area contributed by atoms with E-state index in [1.807, 2.05) is 31.2 Å². The van der Waals surface area contributed by atoms with Gasteiger partial charge in [-0.3, -0.25) is 0 Å². The summed E-state index contributed by atoms with van der Waals surface area (Å²) in [5.41, 5.74) is 4.48. The molecule has 0 bridgehead atoms. The zero-order chi connectivity index (χ0) is 16.2. The summed E-state index contributed by atoms with van der Waals surface area (Å²) in [6, 6.07) is 16.4. The van der Waals surface area contributed by atoms with Gasteiger partial charge in [-0.05, 0) is 42.3 Å². The number of hydrogen-bond donors (Lipinski definition) is 1. The topological polar surface area (TPSA) is 46.0 Å². The van der Waals surface area contributed by atoms with Crippen molar-refractivity contribution in [2.45, 2.75) is 20.3 Å². The van der Waals surface area contributed by atoms with Gasteiger partial charge in [-0.15, -0.1) is 0 Å². The van der Waals surface area contributed by atoms with Gasteiger partial charge in [0.1, 0.15) is 0 Å². The minimum atomic E-state index is 0.477. The molecule has 3 aromatic rings. The highest BCUT2D eigenvalue weighted by Crippen LogP contribution is 2.21. The minimum Gasteiger partial charge on any atom is -0.250 e. The van der Waals surface area contributed by atoms with Crippen LogP contribution >= 0.6 is 12.2 Å². The van der Waals surface area contributed by atoms with Gasteiger partial charge in [0.2, 0.25) is 4.77 Å². The SMILES string of the molecule is CCc1ccc(/C=N/n2c(-c3ccccc3C)n[nH]c2=S)cc1. The monoisotopic (exact) mass is 322 g/mol. The van der Waals surface area contributed by atoms with Crippen LogP contribution < -0.4 is 0 Å². The molecule has 116 valence electrons. The highest BCUT2D eigenvalue weighted by Gasteiger charge is 2.09. The van der Waals surface area contributed by atoms with Crippen LogP contribution in [-0.2, 0) is 6.42 Å². The summed E-state index contributed by atoms with van der Waals surface area (Å²) in [6.07, 6.45) is 2.83. The Morgan fingerprint density at radius 3 is 2.61 bits per heavy atom. The van der Waals surface area contributed by atoms with Crippen LogP contribution in [0.25, 0.3) is 11.4 Å². The maximum absolute atomic E-state index is 5.30. The van der Waals surface area contributed by atoms with E-state index in [0.717, 1.165) is 28.9 Å². The standard InChI is InChI=1S/C18H18N4S/c1-3-14-8-10-15(11-9-14)12-19-22-17(20-21-18(22)23)16-7-5-4-6-13(16)2/h4-12H,3H2,1-2H3,(H,21,23)/b19-12+. The molecule has 0 radical (unpaired) electrons. The van der Waals surface area contributed by atoms with Gasteiger partial charge in [0, 0.05) is 5.56 Å². The van der Waals surface area contributed by atoms with Crippen molar-refractivity contribution >= 4 is 18.4 Å². The summed E-state index contributed by atoms with van der Waals surface area (Å²) in [5.74, 6) is 0.717. The molecule has 2 aromatic carbocycles. The maximum atomic E-state index is 5.30. The van der Waals surface area contributed by atoms with Crippen LogP contribution in [-0.4, -0.2) is 21.1 Å². The van der Waals surface area contributed by atoms with Crippen molar-refractivity contribution < 1.29 is 0 Å². The summed E-state index contributed by atoms with van der Waals surface area (Å²) >= 11 is 5.30. The predicted octanol–water partition coefficient (Wildman–Crippen LogP) is 4.36. The van der Waals surface area contributed by atoms with E-state index >= 15 is 0 Å². The quantitative estimate of drug-likeness (QED) is 0.573. The predicted molar refractivity (Wildman–Crippen MR) is 96.4 cm³/mol. The van der Waals surface area contributed by atoms with Gasteiger partial charge in [-0.1, -0.05) is 55.5 Å². The molecule has 0 aliphatic heterocycles. The number of aromatic nitrogens is 3. The van der Waals surface area contributed by atoms with Gasteiger partial charge >= 0.3 is 0 Å². The van der Waals surface area contributed by atoms with Gasteiger partial charge in [0.05, 0.1) is 6.21 Å². The number of nitrogens with zero attached hydrogens (tertiary/aromatic N) is 3. The molecule has 1 heterocycles. The van der Waals surface area contributed by atoms with Gasteiger partial charge < -0.3 is 0 Å². The number of benzene rings is 2. The summed E-state index contributed by atoms with van der Waals surface area (Å²) in [5, 5.41) is 11.6. The molecule has 0 unspecified atom stereocenters. The summed E-state index contributed by atoms with van der Waals surface area (Å²) in [7, 11) is 0. The van der Waals surface area contributed by atoms with Gasteiger partial charge in [0.15, 0.2) is 5.82 Å².